The lowest BCUT2D eigenvalue weighted by Gasteiger charge is -2.37. The number of hydrogen-bond donors (Lipinski definition) is 0. The predicted molar refractivity (Wildman–Crippen MR) is 65.1 cm³/mol. The molecule has 0 bridgehead atoms. The highest BCUT2D eigenvalue weighted by molar-refractivity contribution is 6.69. The van der Waals surface area contributed by atoms with Gasteiger partial charge < -0.3 is 4.43 Å². The summed E-state index contributed by atoms with van der Waals surface area (Å²) in [5.41, 5.74) is 0.148. The van der Waals surface area contributed by atoms with Crippen molar-refractivity contribution in [3.63, 3.8) is 0 Å². The Morgan fingerprint density at radius 1 is 1.07 bits per heavy atom. The number of allylic oxidation sites excluding steroid dienone is 2. The summed E-state index contributed by atoms with van der Waals surface area (Å²) in [6.07, 6.45) is 10.7. The Hall–Kier alpha value is -0.0831. The van der Waals surface area contributed by atoms with Crippen molar-refractivity contribution in [1.29, 1.82) is 0 Å². The van der Waals surface area contributed by atoms with Crippen LogP contribution in [0.4, 0.5) is 0 Å². The third-order valence-corrected chi connectivity index (χ3v) is 3.74. The molecule has 1 nitrogen and oxygen atoms in total. The van der Waals surface area contributed by atoms with E-state index in [1.165, 1.54) is 32.1 Å². The van der Waals surface area contributed by atoms with Gasteiger partial charge in [0.1, 0.15) is 0 Å². The van der Waals surface area contributed by atoms with Crippen molar-refractivity contribution in [1.82, 2.24) is 0 Å². The SMILES string of the molecule is CC1(O[Si](C)(C)C)CC/C=C\CCC1. The summed E-state index contributed by atoms with van der Waals surface area (Å²) in [6, 6.07) is 0. The molecule has 2 heteroatoms. The zero-order valence-corrected chi connectivity index (χ0v) is 11.1. The van der Waals surface area contributed by atoms with Crippen LogP contribution in [0.1, 0.15) is 39.0 Å². The summed E-state index contributed by atoms with van der Waals surface area (Å²) >= 11 is 0. The predicted octanol–water partition coefficient (Wildman–Crippen LogP) is 4.12. The Labute approximate surface area is 89.7 Å². The van der Waals surface area contributed by atoms with Crippen LogP contribution in [0.2, 0.25) is 19.6 Å². The van der Waals surface area contributed by atoms with Crippen molar-refractivity contribution in [2.75, 3.05) is 0 Å². The Balaban J connectivity index is 2.57. The molecule has 0 saturated carbocycles. The molecule has 0 N–H and O–H groups in total. The number of hydrogen-bond acceptors (Lipinski definition) is 1. The van der Waals surface area contributed by atoms with E-state index < -0.39 is 8.32 Å². The summed E-state index contributed by atoms with van der Waals surface area (Å²) < 4.78 is 6.31. The van der Waals surface area contributed by atoms with Crippen LogP contribution in [0.25, 0.3) is 0 Å². The first kappa shape index (κ1) is 12.0. The molecule has 0 aromatic rings. The van der Waals surface area contributed by atoms with Crippen LogP contribution in [-0.4, -0.2) is 13.9 Å². The lowest BCUT2D eigenvalue weighted by molar-refractivity contribution is 0.0598. The highest BCUT2D eigenvalue weighted by Crippen LogP contribution is 2.30. The molecule has 1 atom stereocenters. The van der Waals surface area contributed by atoms with Gasteiger partial charge >= 0.3 is 0 Å². The van der Waals surface area contributed by atoms with Gasteiger partial charge in [-0.1, -0.05) is 12.2 Å². The van der Waals surface area contributed by atoms with E-state index in [2.05, 4.69) is 38.7 Å². The first-order chi connectivity index (χ1) is 6.41. The molecule has 0 saturated heterocycles. The summed E-state index contributed by atoms with van der Waals surface area (Å²) in [6.45, 7) is 9.15. The normalized spacial score (nSPS) is 32.0. The summed E-state index contributed by atoms with van der Waals surface area (Å²) in [5, 5.41) is 0. The molecule has 0 heterocycles. The van der Waals surface area contributed by atoms with E-state index in [1.54, 1.807) is 0 Å². The Morgan fingerprint density at radius 3 is 2.36 bits per heavy atom. The molecular weight excluding hydrogens is 188 g/mol. The fraction of sp³-hybridized carbons (Fsp3) is 0.833. The summed E-state index contributed by atoms with van der Waals surface area (Å²) in [4.78, 5) is 0. The van der Waals surface area contributed by atoms with Crippen molar-refractivity contribution < 1.29 is 4.43 Å². The smallest absolute Gasteiger partial charge is 0.184 e. The van der Waals surface area contributed by atoms with Crippen LogP contribution in [-0.2, 0) is 4.43 Å². The van der Waals surface area contributed by atoms with Crippen molar-refractivity contribution in [2.45, 2.75) is 64.3 Å². The monoisotopic (exact) mass is 212 g/mol. The molecule has 1 aliphatic rings. The van der Waals surface area contributed by atoms with Gasteiger partial charge in [-0.2, -0.15) is 0 Å². The third kappa shape index (κ3) is 4.42. The van der Waals surface area contributed by atoms with Crippen LogP contribution in [0, 0.1) is 0 Å². The van der Waals surface area contributed by atoms with E-state index >= 15 is 0 Å². The number of rotatable bonds is 2. The van der Waals surface area contributed by atoms with E-state index in [0.29, 0.717) is 0 Å². The first-order valence-corrected chi connectivity index (χ1v) is 9.17. The molecule has 1 aliphatic carbocycles. The second-order valence-electron chi connectivity index (χ2n) is 5.57. The Bertz CT molecular complexity index is 205. The van der Waals surface area contributed by atoms with Gasteiger partial charge in [0.25, 0.3) is 0 Å². The molecule has 14 heavy (non-hydrogen) atoms. The van der Waals surface area contributed by atoms with E-state index in [4.69, 9.17) is 4.43 Å². The van der Waals surface area contributed by atoms with E-state index in [-0.39, 0.29) is 5.60 Å². The van der Waals surface area contributed by atoms with Gasteiger partial charge in [0.2, 0.25) is 0 Å². The third-order valence-electron chi connectivity index (χ3n) is 2.64. The summed E-state index contributed by atoms with van der Waals surface area (Å²) in [5.74, 6) is 0. The van der Waals surface area contributed by atoms with E-state index in [9.17, 15) is 0 Å². The quantitative estimate of drug-likeness (QED) is 0.494. The Morgan fingerprint density at radius 2 is 1.71 bits per heavy atom. The molecular formula is C12H24OSi. The van der Waals surface area contributed by atoms with Crippen molar-refractivity contribution in [3.8, 4) is 0 Å². The standard InChI is InChI=1S/C12H24OSi/c1-12(13-14(2,3)4)10-8-6-5-7-9-11-12/h5-6H,7-11H2,1-4H3/b6-5-. The fourth-order valence-corrected chi connectivity index (χ4v) is 3.87. The van der Waals surface area contributed by atoms with Gasteiger partial charge in [-0.05, 0) is 58.7 Å². The maximum absolute atomic E-state index is 6.31. The average molecular weight is 212 g/mol. The first-order valence-electron chi connectivity index (χ1n) is 5.77. The minimum absolute atomic E-state index is 0.148. The van der Waals surface area contributed by atoms with Crippen molar-refractivity contribution >= 4 is 8.32 Å². The van der Waals surface area contributed by atoms with Crippen LogP contribution in [0.15, 0.2) is 12.2 Å². The maximum Gasteiger partial charge on any atom is 0.184 e. The zero-order valence-electron chi connectivity index (χ0n) is 10.1. The lowest BCUT2D eigenvalue weighted by atomic mass is 9.91. The largest absolute Gasteiger partial charge is 0.412 e. The zero-order chi connectivity index (χ0) is 10.7. The molecule has 82 valence electrons. The second kappa shape index (κ2) is 4.62. The van der Waals surface area contributed by atoms with Crippen LogP contribution in [0.5, 0.6) is 0 Å². The Kier molecular flexibility index (Phi) is 3.96. The average Bonchev–Trinajstić information content (AvgIpc) is 1.95. The topological polar surface area (TPSA) is 9.23 Å². The molecule has 0 spiro atoms. The molecule has 0 radical (unpaired) electrons. The van der Waals surface area contributed by atoms with Gasteiger partial charge in [-0.3, -0.25) is 0 Å². The highest BCUT2D eigenvalue weighted by atomic mass is 28.4. The van der Waals surface area contributed by atoms with Crippen molar-refractivity contribution in [3.05, 3.63) is 12.2 Å². The molecule has 0 aromatic carbocycles. The lowest BCUT2D eigenvalue weighted by Crippen LogP contribution is -2.40. The highest BCUT2D eigenvalue weighted by Gasteiger charge is 2.30. The molecule has 0 amide bonds. The molecule has 1 unspecified atom stereocenters. The fourth-order valence-electron chi connectivity index (χ4n) is 2.18. The molecule has 0 fully saturated rings. The van der Waals surface area contributed by atoms with Gasteiger partial charge in [0.15, 0.2) is 8.32 Å². The van der Waals surface area contributed by atoms with Gasteiger partial charge in [0, 0.05) is 0 Å². The van der Waals surface area contributed by atoms with Crippen LogP contribution >= 0.6 is 0 Å². The minimum Gasteiger partial charge on any atom is -0.412 e. The molecule has 0 aliphatic heterocycles. The van der Waals surface area contributed by atoms with Gasteiger partial charge in [-0.25, -0.2) is 0 Å². The molecule has 0 aromatic heterocycles. The van der Waals surface area contributed by atoms with Crippen molar-refractivity contribution in [2.24, 2.45) is 0 Å². The van der Waals surface area contributed by atoms with Gasteiger partial charge in [-0.15, -0.1) is 0 Å². The van der Waals surface area contributed by atoms with E-state index in [0.717, 1.165) is 0 Å². The maximum atomic E-state index is 6.31. The second-order valence-corrected chi connectivity index (χ2v) is 10.00. The minimum atomic E-state index is -1.38. The van der Waals surface area contributed by atoms with Gasteiger partial charge in [0.05, 0.1) is 5.60 Å². The summed E-state index contributed by atoms with van der Waals surface area (Å²) in [7, 11) is -1.38. The van der Waals surface area contributed by atoms with E-state index in [1.807, 2.05) is 0 Å². The molecule has 1 rings (SSSR count). The van der Waals surface area contributed by atoms with Crippen LogP contribution < -0.4 is 0 Å². The van der Waals surface area contributed by atoms with Crippen LogP contribution in [0.3, 0.4) is 0 Å².